The summed E-state index contributed by atoms with van der Waals surface area (Å²) in [4.78, 5) is 28.9. The van der Waals surface area contributed by atoms with E-state index < -0.39 is 5.82 Å². The summed E-state index contributed by atoms with van der Waals surface area (Å²) in [5.41, 5.74) is 0.534. The first-order valence-corrected chi connectivity index (χ1v) is 9.47. The number of carbonyl (C=O) groups is 2. The second-order valence-corrected chi connectivity index (χ2v) is 7.18. The average Bonchev–Trinajstić information content (AvgIpc) is 2.95. The topological polar surface area (TPSA) is 49.9 Å². The van der Waals surface area contributed by atoms with E-state index in [1.807, 2.05) is 6.07 Å². The van der Waals surface area contributed by atoms with Crippen LogP contribution < -0.4 is 4.74 Å². The molecule has 7 heteroatoms. The molecule has 0 aliphatic carbocycles. The van der Waals surface area contributed by atoms with Crippen LogP contribution in [0.5, 0.6) is 5.75 Å². The Morgan fingerprint density at radius 1 is 0.963 bits per heavy atom. The fourth-order valence-corrected chi connectivity index (χ4v) is 3.51. The Kier molecular flexibility index (Phi) is 6.11. The second-order valence-electron chi connectivity index (χ2n) is 6.26. The number of nitrogens with zero attached hydrogens (tertiary/aromatic N) is 2. The molecule has 1 aliphatic heterocycles. The van der Waals surface area contributed by atoms with Crippen LogP contribution in [0.2, 0.25) is 0 Å². The number of benzene rings is 2. The Hall–Kier alpha value is -2.41. The summed E-state index contributed by atoms with van der Waals surface area (Å²) in [6.07, 6.45) is 0.627. The van der Waals surface area contributed by atoms with Crippen molar-refractivity contribution in [1.29, 1.82) is 0 Å². The maximum Gasteiger partial charge on any atom is 0.257 e. The molecule has 0 spiro atoms. The van der Waals surface area contributed by atoms with Crippen molar-refractivity contribution in [3.8, 4) is 5.75 Å². The molecular formula is C20H20BrFN2O3. The van der Waals surface area contributed by atoms with Crippen molar-refractivity contribution in [3.63, 3.8) is 0 Å². The summed E-state index contributed by atoms with van der Waals surface area (Å²) in [5.74, 6) is -0.513. The molecule has 0 radical (unpaired) electrons. The molecule has 0 aromatic heterocycles. The van der Waals surface area contributed by atoms with Gasteiger partial charge >= 0.3 is 0 Å². The number of methoxy groups -OCH3 is 1. The van der Waals surface area contributed by atoms with Gasteiger partial charge in [0.1, 0.15) is 11.6 Å². The molecule has 0 unspecified atom stereocenters. The van der Waals surface area contributed by atoms with Crippen LogP contribution >= 0.6 is 15.9 Å². The minimum absolute atomic E-state index is 0.0360. The maximum absolute atomic E-state index is 14.0. The van der Waals surface area contributed by atoms with Gasteiger partial charge in [0.15, 0.2) is 0 Å². The molecule has 5 nitrogen and oxygen atoms in total. The predicted octanol–water partition coefficient (Wildman–Crippen LogP) is 3.59. The number of amides is 2. The first kappa shape index (κ1) is 19.4. The van der Waals surface area contributed by atoms with Crippen molar-refractivity contribution in [3.05, 3.63) is 63.9 Å². The lowest BCUT2D eigenvalue weighted by atomic mass is 10.1. The minimum Gasteiger partial charge on any atom is -0.496 e. The standard InChI is InChI=1S/C20H20BrFN2O3/c1-27-18-6-3-2-5-15(18)19(25)23-9-4-10-24(12-11-23)20(26)16-13-14(21)7-8-17(16)22/h2-3,5-8,13H,4,9-12H2,1H3. The molecule has 27 heavy (non-hydrogen) atoms. The van der Waals surface area contributed by atoms with E-state index in [-0.39, 0.29) is 17.4 Å². The SMILES string of the molecule is COc1ccccc1C(=O)N1CCCN(C(=O)c2cc(Br)ccc2F)CC1. The highest BCUT2D eigenvalue weighted by Gasteiger charge is 2.26. The largest absolute Gasteiger partial charge is 0.496 e. The van der Waals surface area contributed by atoms with Gasteiger partial charge in [-0.25, -0.2) is 4.39 Å². The first-order chi connectivity index (χ1) is 13.0. The molecule has 1 fully saturated rings. The van der Waals surface area contributed by atoms with Gasteiger partial charge in [-0.1, -0.05) is 28.1 Å². The van der Waals surface area contributed by atoms with E-state index in [1.165, 1.54) is 19.2 Å². The Morgan fingerprint density at radius 2 is 1.59 bits per heavy atom. The third kappa shape index (κ3) is 4.30. The van der Waals surface area contributed by atoms with Crippen LogP contribution in [0.1, 0.15) is 27.1 Å². The highest BCUT2D eigenvalue weighted by atomic mass is 79.9. The van der Waals surface area contributed by atoms with E-state index in [4.69, 9.17) is 4.74 Å². The van der Waals surface area contributed by atoms with Crippen molar-refractivity contribution >= 4 is 27.7 Å². The normalized spacial score (nSPS) is 14.6. The molecule has 0 atom stereocenters. The van der Waals surface area contributed by atoms with E-state index >= 15 is 0 Å². The Balaban J connectivity index is 1.73. The second kappa shape index (κ2) is 8.52. The summed E-state index contributed by atoms with van der Waals surface area (Å²) in [6, 6.07) is 11.4. The van der Waals surface area contributed by atoms with Crippen LogP contribution in [0, 0.1) is 5.82 Å². The van der Waals surface area contributed by atoms with Crippen molar-refractivity contribution in [2.75, 3.05) is 33.3 Å². The number of hydrogen-bond donors (Lipinski definition) is 0. The fraction of sp³-hybridized carbons (Fsp3) is 0.300. The lowest BCUT2D eigenvalue weighted by Gasteiger charge is -2.23. The van der Waals surface area contributed by atoms with E-state index in [2.05, 4.69) is 15.9 Å². The molecule has 1 aliphatic rings. The van der Waals surface area contributed by atoms with Crippen LogP contribution in [0.15, 0.2) is 46.9 Å². The maximum atomic E-state index is 14.0. The highest BCUT2D eigenvalue weighted by molar-refractivity contribution is 9.10. The lowest BCUT2D eigenvalue weighted by molar-refractivity contribution is 0.0714. The zero-order chi connectivity index (χ0) is 19.4. The van der Waals surface area contributed by atoms with Gasteiger partial charge in [0.05, 0.1) is 18.2 Å². The summed E-state index contributed by atoms with van der Waals surface area (Å²) in [6.45, 7) is 1.74. The number of halogens is 2. The van der Waals surface area contributed by atoms with E-state index in [9.17, 15) is 14.0 Å². The third-order valence-corrected chi connectivity index (χ3v) is 5.06. The van der Waals surface area contributed by atoms with Gasteiger partial charge in [-0.15, -0.1) is 0 Å². The van der Waals surface area contributed by atoms with Crippen LogP contribution in [0.3, 0.4) is 0 Å². The smallest absolute Gasteiger partial charge is 0.257 e. The number of ether oxygens (including phenoxy) is 1. The molecule has 2 aromatic carbocycles. The van der Waals surface area contributed by atoms with E-state index in [0.29, 0.717) is 48.4 Å². The van der Waals surface area contributed by atoms with Gasteiger partial charge < -0.3 is 14.5 Å². The molecule has 0 bridgehead atoms. The number of hydrogen-bond acceptors (Lipinski definition) is 3. The van der Waals surface area contributed by atoms with Gasteiger partial charge in [-0.3, -0.25) is 9.59 Å². The van der Waals surface area contributed by atoms with Gasteiger partial charge in [0, 0.05) is 30.7 Å². The van der Waals surface area contributed by atoms with Gasteiger partial charge in [-0.05, 0) is 36.8 Å². The third-order valence-electron chi connectivity index (χ3n) is 4.57. The van der Waals surface area contributed by atoms with Crippen LogP contribution in [0.25, 0.3) is 0 Å². The van der Waals surface area contributed by atoms with Crippen LogP contribution in [-0.4, -0.2) is 54.9 Å². The van der Waals surface area contributed by atoms with Crippen LogP contribution in [0.4, 0.5) is 4.39 Å². The number of carbonyl (C=O) groups excluding carboxylic acids is 2. The Labute approximate surface area is 165 Å². The van der Waals surface area contributed by atoms with Crippen molar-refractivity contribution < 1.29 is 18.7 Å². The monoisotopic (exact) mass is 434 g/mol. The first-order valence-electron chi connectivity index (χ1n) is 8.68. The molecule has 1 saturated heterocycles. The zero-order valence-corrected chi connectivity index (χ0v) is 16.5. The minimum atomic E-state index is -0.547. The number of rotatable bonds is 3. The van der Waals surface area contributed by atoms with Gasteiger partial charge in [0.2, 0.25) is 0 Å². The summed E-state index contributed by atoms with van der Waals surface area (Å²) in [7, 11) is 1.53. The number of para-hydroxylation sites is 1. The quantitative estimate of drug-likeness (QED) is 0.741. The van der Waals surface area contributed by atoms with E-state index in [0.717, 1.165) is 0 Å². The molecule has 142 valence electrons. The van der Waals surface area contributed by atoms with Gasteiger partial charge in [-0.2, -0.15) is 0 Å². The van der Waals surface area contributed by atoms with Crippen molar-refractivity contribution in [2.45, 2.75) is 6.42 Å². The molecule has 0 saturated carbocycles. The summed E-state index contributed by atoms with van der Waals surface area (Å²) in [5, 5.41) is 0. The summed E-state index contributed by atoms with van der Waals surface area (Å²) < 4.78 is 20.0. The molecule has 2 amide bonds. The molecular weight excluding hydrogens is 415 g/mol. The molecule has 0 N–H and O–H groups in total. The highest BCUT2D eigenvalue weighted by Crippen LogP contribution is 2.21. The van der Waals surface area contributed by atoms with Crippen molar-refractivity contribution in [2.24, 2.45) is 0 Å². The summed E-state index contributed by atoms with van der Waals surface area (Å²) >= 11 is 3.27. The Morgan fingerprint density at radius 3 is 2.26 bits per heavy atom. The van der Waals surface area contributed by atoms with E-state index in [1.54, 1.807) is 34.1 Å². The van der Waals surface area contributed by atoms with Crippen molar-refractivity contribution in [1.82, 2.24) is 9.80 Å². The molecule has 1 heterocycles. The van der Waals surface area contributed by atoms with Gasteiger partial charge in [0.25, 0.3) is 11.8 Å². The molecule has 3 rings (SSSR count). The molecule has 2 aromatic rings. The average molecular weight is 435 g/mol. The fourth-order valence-electron chi connectivity index (χ4n) is 3.15. The Bertz CT molecular complexity index is 859. The lowest BCUT2D eigenvalue weighted by Crippen LogP contribution is -2.37. The predicted molar refractivity (Wildman–Crippen MR) is 104 cm³/mol. The van der Waals surface area contributed by atoms with Crippen LogP contribution in [-0.2, 0) is 0 Å². The zero-order valence-electron chi connectivity index (χ0n) is 15.0.